The molecule has 0 spiro atoms. The van der Waals surface area contributed by atoms with Gasteiger partial charge in [0, 0.05) is 18.3 Å². The Kier molecular flexibility index (Phi) is 4.44. The van der Waals surface area contributed by atoms with Crippen LogP contribution in [0, 0.1) is 13.8 Å². The maximum Gasteiger partial charge on any atom is 0.408 e. The molecule has 0 saturated heterocycles. The van der Waals surface area contributed by atoms with Gasteiger partial charge in [-0.05, 0) is 20.8 Å². The van der Waals surface area contributed by atoms with Crippen LogP contribution in [0.4, 0.5) is 19.1 Å². The summed E-state index contributed by atoms with van der Waals surface area (Å²) in [6.07, 6.45) is -3.08. The predicted octanol–water partition coefficient (Wildman–Crippen LogP) is 1.93. The maximum atomic E-state index is 12.6. The molecule has 23 heavy (non-hydrogen) atoms. The highest BCUT2D eigenvalue weighted by molar-refractivity contribution is 5.94. The molecule has 1 atom stereocenters. The van der Waals surface area contributed by atoms with E-state index in [2.05, 4.69) is 20.5 Å². The van der Waals surface area contributed by atoms with Gasteiger partial charge in [-0.25, -0.2) is 4.68 Å². The number of nitrogens with zero attached hydrogens (tertiary/aromatic N) is 5. The summed E-state index contributed by atoms with van der Waals surface area (Å²) in [6, 6.07) is 0. The Morgan fingerprint density at radius 1 is 1.39 bits per heavy atom. The summed E-state index contributed by atoms with van der Waals surface area (Å²) in [7, 11) is 1.62. The molecule has 1 N–H and O–H groups in total. The Balaban J connectivity index is 2.23. The Bertz CT molecular complexity index is 718. The number of halogens is 3. The van der Waals surface area contributed by atoms with Gasteiger partial charge in [-0.1, -0.05) is 0 Å². The molecular weight excluding hydrogens is 313 g/mol. The molecule has 0 fully saturated rings. The third-order valence-electron chi connectivity index (χ3n) is 3.54. The molecule has 2 heterocycles. The van der Waals surface area contributed by atoms with Crippen molar-refractivity contribution in [3.63, 3.8) is 0 Å². The van der Waals surface area contributed by atoms with Crippen molar-refractivity contribution in [2.75, 3.05) is 5.32 Å². The Morgan fingerprint density at radius 3 is 2.57 bits per heavy atom. The number of hydrogen-bond acceptors (Lipinski definition) is 4. The summed E-state index contributed by atoms with van der Waals surface area (Å²) in [5.41, 5.74) is 1.20. The van der Waals surface area contributed by atoms with Gasteiger partial charge in [-0.2, -0.15) is 28.4 Å². The number of aromatic nitrogens is 5. The van der Waals surface area contributed by atoms with E-state index in [1.54, 1.807) is 20.9 Å². The first-order chi connectivity index (χ1) is 10.6. The number of rotatable bonds is 4. The number of carbonyl (C=O) groups excluding carboxylic acids is 1. The average Bonchev–Trinajstić information content (AvgIpc) is 2.92. The number of anilines is 1. The zero-order chi connectivity index (χ0) is 17.4. The van der Waals surface area contributed by atoms with Gasteiger partial charge >= 0.3 is 6.18 Å². The number of nitrogens with one attached hydrogen (secondary N) is 1. The van der Waals surface area contributed by atoms with E-state index in [0.29, 0.717) is 17.0 Å². The van der Waals surface area contributed by atoms with E-state index < -0.39 is 18.6 Å². The summed E-state index contributed by atoms with van der Waals surface area (Å²) in [5.74, 6) is -0.799. The fourth-order valence-corrected chi connectivity index (χ4v) is 2.42. The van der Waals surface area contributed by atoms with Crippen LogP contribution in [-0.2, 0) is 18.4 Å². The van der Waals surface area contributed by atoms with Crippen LogP contribution in [0.1, 0.15) is 29.8 Å². The quantitative estimate of drug-likeness (QED) is 0.929. The van der Waals surface area contributed by atoms with E-state index in [1.807, 2.05) is 0 Å². The Morgan fingerprint density at radius 2 is 2.04 bits per heavy atom. The first kappa shape index (κ1) is 17.0. The van der Waals surface area contributed by atoms with Crippen molar-refractivity contribution in [3.05, 3.63) is 23.3 Å². The normalized spacial score (nSPS) is 13.2. The highest BCUT2D eigenvalue weighted by Gasteiger charge is 2.31. The van der Waals surface area contributed by atoms with Crippen LogP contribution in [0.15, 0.2) is 6.33 Å². The highest BCUT2D eigenvalue weighted by Crippen LogP contribution is 2.27. The third kappa shape index (κ3) is 3.69. The number of alkyl halides is 3. The summed E-state index contributed by atoms with van der Waals surface area (Å²) in [4.78, 5) is 16.2. The summed E-state index contributed by atoms with van der Waals surface area (Å²) >= 11 is 0. The van der Waals surface area contributed by atoms with E-state index in [0.717, 1.165) is 4.68 Å². The molecule has 126 valence electrons. The minimum absolute atomic E-state index is 0.264. The van der Waals surface area contributed by atoms with Gasteiger partial charge in [-0.3, -0.25) is 14.8 Å². The van der Waals surface area contributed by atoms with E-state index in [9.17, 15) is 18.0 Å². The van der Waals surface area contributed by atoms with Crippen molar-refractivity contribution >= 4 is 11.9 Å². The van der Waals surface area contributed by atoms with Gasteiger partial charge in [0.05, 0.1) is 11.6 Å². The molecule has 0 bridgehead atoms. The highest BCUT2D eigenvalue weighted by atomic mass is 19.4. The number of hydrogen-bond donors (Lipinski definition) is 1. The van der Waals surface area contributed by atoms with E-state index >= 15 is 0 Å². The van der Waals surface area contributed by atoms with Crippen molar-refractivity contribution in [1.29, 1.82) is 0 Å². The molecule has 2 aromatic heterocycles. The van der Waals surface area contributed by atoms with Crippen molar-refractivity contribution in [3.8, 4) is 0 Å². The molecule has 2 rings (SSSR count). The van der Waals surface area contributed by atoms with Crippen LogP contribution < -0.4 is 5.32 Å². The van der Waals surface area contributed by atoms with Gasteiger partial charge in [0.2, 0.25) is 11.9 Å². The smallest absolute Gasteiger partial charge is 0.294 e. The van der Waals surface area contributed by atoms with E-state index in [-0.39, 0.29) is 11.9 Å². The van der Waals surface area contributed by atoms with Crippen LogP contribution in [0.5, 0.6) is 0 Å². The van der Waals surface area contributed by atoms with Crippen LogP contribution in [-0.4, -0.2) is 36.6 Å². The van der Waals surface area contributed by atoms with Crippen LogP contribution in [0.2, 0.25) is 0 Å². The second kappa shape index (κ2) is 6.01. The number of carbonyl (C=O) groups is 1. The largest absolute Gasteiger partial charge is 0.408 e. The van der Waals surface area contributed by atoms with Crippen LogP contribution in [0.25, 0.3) is 0 Å². The average molecular weight is 330 g/mol. The molecule has 0 unspecified atom stereocenters. The first-order valence-corrected chi connectivity index (χ1v) is 6.85. The molecule has 0 aliphatic carbocycles. The van der Waals surface area contributed by atoms with Gasteiger partial charge < -0.3 is 0 Å². The topological polar surface area (TPSA) is 77.6 Å². The van der Waals surface area contributed by atoms with Crippen molar-refractivity contribution < 1.29 is 18.0 Å². The fourth-order valence-electron chi connectivity index (χ4n) is 2.42. The lowest BCUT2D eigenvalue weighted by atomic mass is 9.98. The second-order valence-electron chi connectivity index (χ2n) is 5.28. The first-order valence-electron chi connectivity index (χ1n) is 6.85. The Hall–Kier alpha value is -2.39. The van der Waals surface area contributed by atoms with E-state index in [1.165, 1.54) is 17.9 Å². The molecular formula is C13H17F3N6O. The monoisotopic (exact) mass is 330 g/mol. The molecule has 0 aliphatic heterocycles. The minimum Gasteiger partial charge on any atom is -0.294 e. The lowest BCUT2D eigenvalue weighted by molar-refractivity contribution is -0.142. The molecule has 7 nitrogen and oxygen atoms in total. The molecule has 0 aromatic carbocycles. The summed E-state index contributed by atoms with van der Waals surface area (Å²) in [5, 5.41) is 10.3. The van der Waals surface area contributed by atoms with Crippen molar-refractivity contribution in [1.82, 2.24) is 24.5 Å². The standard InChI is InChI=1S/C13H17F3N6O/c1-7(11(23)19-12-17-6-18-21(12)4)10-8(2)20-22(9(10)3)5-13(14,15)16/h6-7H,5H2,1-4H3,(H,17,18,19,23)/t7-/m1/s1. The SMILES string of the molecule is Cc1nn(CC(F)(F)F)c(C)c1[C@@H](C)C(=O)Nc1ncnn1C. The van der Waals surface area contributed by atoms with Crippen LogP contribution >= 0.6 is 0 Å². The number of amides is 1. The summed E-state index contributed by atoms with van der Waals surface area (Å²) in [6.45, 7) is 3.53. The molecule has 0 radical (unpaired) electrons. The van der Waals surface area contributed by atoms with Gasteiger partial charge in [0.25, 0.3) is 0 Å². The van der Waals surface area contributed by atoms with Crippen LogP contribution in [0.3, 0.4) is 0 Å². The third-order valence-corrected chi connectivity index (χ3v) is 3.54. The van der Waals surface area contributed by atoms with Crippen molar-refractivity contribution in [2.24, 2.45) is 7.05 Å². The molecule has 10 heteroatoms. The zero-order valence-corrected chi connectivity index (χ0v) is 13.1. The lowest BCUT2D eigenvalue weighted by Gasteiger charge is -2.13. The van der Waals surface area contributed by atoms with Gasteiger partial charge in [0.1, 0.15) is 12.9 Å². The fraction of sp³-hybridized carbons (Fsp3) is 0.538. The van der Waals surface area contributed by atoms with Crippen molar-refractivity contribution in [2.45, 2.75) is 39.4 Å². The van der Waals surface area contributed by atoms with Gasteiger partial charge in [0.15, 0.2) is 0 Å². The molecule has 2 aromatic rings. The van der Waals surface area contributed by atoms with E-state index in [4.69, 9.17) is 0 Å². The number of aryl methyl sites for hydroxylation is 2. The maximum absolute atomic E-state index is 12.6. The predicted molar refractivity (Wildman–Crippen MR) is 75.8 cm³/mol. The molecule has 0 aliphatic rings. The second-order valence-corrected chi connectivity index (χ2v) is 5.28. The lowest BCUT2D eigenvalue weighted by Crippen LogP contribution is -2.22. The molecule has 1 amide bonds. The summed E-state index contributed by atoms with van der Waals surface area (Å²) < 4.78 is 39.9. The zero-order valence-electron chi connectivity index (χ0n) is 13.1. The minimum atomic E-state index is -4.37. The molecule has 0 saturated carbocycles. The van der Waals surface area contributed by atoms with Gasteiger partial charge in [-0.15, -0.1) is 0 Å². The Labute approximate surface area is 130 Å².